The number of carbonyl (C=O) groups is 2. The van der Waals surface area contributed by atoms with Gasteiger partial charge in [0.05, 0.1) is 25.6 Å². The fraction of sp³-hybridized carbons (Fsp3) is 0.696. The van der Waals surface area contributed by atoms with Crippen molar-refractivity contribution in [3.8, 4) is 0 Å². The van der Waals surface area contributed by atoms with Crippen LogP contribution in [0.25, 0.3) is 11.2 Å². The van der Waals surface area contributed by atoms with E-state index >= 15 is 4.39 Å². The lowest BCUT2D eigenvalue weighted by Crippen LogP contribution is -2.39. The Morgan fingerprint density at radius 1 is 1.34 bits per heavy atom. The minimum atomic E-state index is -3.47. The van der Waals surface area contributed by atoms with Gasteiger partial charge in [-0.2, -0.15) is 0 Å². The Morgan fingerprint density at radius 2 is 2.02 bits per heavy atom. The second kappa shape index (κ2) is 13.4. The van der Waals surface area contributed by atoms with E-state index in [-0.39, 0.29) is 40.6 Å². The van der Waals surface area contributed by atoms with Crippen LogP contribution in [-0.2, 0) is 39.9 Å². The zero-order valence-corrected chi connectivity index (χ0v) is 26.7. The number of aliphatic hydroxyl groups excluding tert-OH is 1. The van der Waals surface area contributed by atoms with Gasteiger partial charge in [-0.15, -0.1) is 0 Å². The van der Waals surface area contributed by atoms with Crippen molar-refractivity contribution in [2.45, 2.75) is 77.3 Å². The molecule has 0 amide bonds. The SMILES string of the molecule is CC(C)OC(=O)[C@@H](C)N[P@@](=S)(OCCSC(=O)C(C)(C)C)OC[C@H]1O[C@@H](n2cnc3c(N)ncnc32)[C@](F)(Cl)[C@@H]1O. The van der Waals surface area contributed by atoms with E-state index in [0.717, 1.165) is 11.8 Å². The average Bonchev–Trinajstić information content (AvgIpc) is 3.38. The minimum absolute atomic E-state index is 0.00409. The molecule has 1 aliphatic rings. The van der Waals surface area contributed by atoms with Crippen molar-refractivity contribution in [3.05, 3.63) is 12.7 Å². The zero-order chi connectivity index (χ0) is 30.8. The molecule has 1 fully saturated rings. The Morgan fingerprint density at radius 3 is 2.66 bits per heavy atom. The fourth-order valence-electron chi connectivity index (χ4n) is 3.56. The van der Waals surface area contributed by atoms with E-state index in [1.807, 2.05) is 0 Å². The van der Waals surface area contributed by atoms with Crippen LogP contribution in [-0.4, -0.2) is 84.2 Å². The van der Waals surface area contributed by atoms with Gasteiger partial charge in [0.2, 0.25) is 0 Å². The summed E-state index contributed by atoms with van der Waals surface area (Å²) in [6, 6.07) is -0.926. The summed E-state index contributed by atoms with van der Waals surface area (Å²) >= 11 is 12.8. The van der Waals surface area contributed by atoms with E-state index in [1.165, 1.54) is 24.1 Å². The molecule has 1 aliphatic heterocycles. The summed E-state index contributed by atoms with van der Waals surface area (Å²) < 4.78 is 39.5. The second-order valence-electron chi connectivity index (χ2n) is 10.6. The van der Waals surface area contributed by atoms with Crippen LogP contribution >= 0.6 is 30.0 Å². The van der Waals surface area contributed by atoms with Crippen molar-refractivity contribution in [1.29, 1.82) is 0 Å². The summed E-state index contributed by atoms with van der Waals surface area (Å²) in [6.07, 6.45) is -2.70. The molecule has 6 atom stereocenters. The number of anilines is 1. The molecular weight excluding hydrogens is 622 g/mol. The lowest BCUT2D eigenvalue weighted by molar-refractivity contribution is -0.149. The molecule has 41 heavy (non-hydrogen) atoms. The Labute approximate surface area is 251 Å². The van der Waals surface area contributed by atoms with E-state index < -0.39 is 54.2 Å². The number of halogens is 2. The molecule has 0 bridgehead atoms. The molecule has 0 radical (unpaired) electrons. The van der Waals surface area contributed by atoms with Crippen LogP contribution in [0.3, 0.4) is 0 Å². The summed E-state index contributed by atoms with van der Waals surface area (Å²) in [7, 11) is 0. The number of imidazole rings is 1. The van der Waals surface area contributed by atoms with Crippen molar-refractivity contribution in [3.63, 3.8) is 0 Å². The number of fused-ring (bicyclic) bond motifs is 1. The van der Waals surface area contributed by atoms with Gasteiger partial charge < -0.3 is 29.4 Å². The zero-order valence-electron chi connectivity index (χ0n) is 23.4. The van der Waals surface area contributed by atoms with Gasteiger partial charge >= 0.3 is 5.97 Å². The van der Waals surface area contributed by atoms with Gasteiger partial charge in [0.25, 0.3) is 11.8 Å². The first kappa shape index (κ1) is 34.0. The molecule has 2 aromatic rings. The molecule has 2 aromatic heterocycles. The number of nitrogen functional groups attached to an aromatic ring is 1. The number of hydrogen-bond acceptors (Lipinski definition) is 13. The molecule has 0 saturated carbocycles. The van der Waals surface area contributed by atoms with Crippen LogP contribution in [0.5, 0.6) is 0 Å². The van der Waals surface area contributed by atoms with Crippen LogP contribution in [0.1, 0.15) is 47.8 Å². The highest BCUT2D eigenvalue weighted by molar-refractivity contribution is 8.13. The van der Waals surface area contributed by atoms with Crippen molar-refractivity contribution in [2.24, 2.45) is 5.41 Å². The molecule has 230 valence electrons. The molecule has 1 saturated heterocycles. The van der Waals surface area contributed by atoms with Crippen molar-refractivity contribution < 1.29 is 37.6 Å². The summed E-state index contributed by atoms with van der Waals surface area (Å²) in [4.78, 5) is 36.7. The number of ether oxygens (including phenoxy) is 2. The van der Waals surface area contributed by atoms with Gasteiger partial charge in [0, 0.05) is 11.2 Å². The number of nitrogens with zero attached hydrogens (tertiary/aromatic N) is 4. The second-order valence-corrected chi connectivity index (χ2v) is 15.4. The van der Waals surface area contributed by atoms with Crippen LogP contribution in [0.2, 0.25) is 0 Å². The number of nitrogens with one attached hydrogen (secondary N) is 1. The van der Waals surface area contributed by atoms with Gasteiger partial charge in [-0.1, -0.05) is 44.1 Å². The lowest BCUT2D eigenvalue weighted by atomic mass is 10.00. The van der Waals surface area contributed by atoms with Gasteiger partial charge in [0.15, 0.2) is 22.8 Å². The Hall–Kier alpha value is -1.49. The molecule has 4 N–H and O–H groups in total. The molecule has 3 rings (SSSR count). The third kappa shape index (κ3) is 8.33. The molecule has 3 heterocycles. The summed E-state index contributed by atoms with van der Waals surface area (Å²) in [5, 5.41) is 10.7. The standard InChI is InChI=1S/C23H35ClFN6O7PS2/c1-12(2)37-19(33)13(3)30-39(40,35-7-8-41-21(34)22(4,5)6)36-9-14-16(32)23(24,25)20(38-14)31-11-29-15-17(26)27-10-28-18(15)31/h10-14,16,20,32H,7-9H2,1-6H3,(H,30,40)(H2,26,27,28)/t13-,14-,16-,20-,23+,39-/m1/s1. The quantitative estimate of drug-likeness (QED) is 0.132. The predicted molar refractivity (Wildman–Crippen MR) is 156 cm³/mol. The number of thioether (sulfide) groups is 1. The molecule has 0 aromatic carbocycles. The van der Waals surface area contributed by atoms with Gasteiger partial charge in [-0.05, 0) is 32.6 Å². The number of rotatable bonds is 12. The first-order chi connectivity index (χ1) is 19.0. The van der Waals surface area contributed by atoms with Gasteiger partial charge in [0.1, 0.15) is 30.1 Å². The number of hydrogen-bond donors (Lipinski definition) is 3. The number of carbonyl (C=O) groups excluding carboxylic acids is 2. The molecule has 0 aliphatic carbocycles. The van der Waals surface area contributed by atoms with Crippen LogP contribution in [0, 0.1) is 5.41 Å². The van der Waals surface area contributed by atoms with E-state index in [0.29, 0.717) is 0 Å². The summed E-state index contributed by atoms with van der Waals surface area (Å²) in [5.41, 5.74) is 5.63. The number of alkyl halides is 2. The number of aromatic nitrogens is 4. The Balaban J connectivity index is 1.74. The normalized spacial score (nSPS) is 25.4. The van der Waals surface area contributed by atoms with E-state index in [4.69, 9.17) is 47.7 Å². The van der Waals surface area contributed by atoms with Crippen molar-refractivity contribution in [1.82, 2.24) is 24.6 Å². The third-order valence-corrected chi connectivity index (χ3v) is 9.99. The molecule has 0 spiro atoms. The highest BCUT2D eigenvalue weighted by Gasteiger charge is 2.58. The van der Waals surface area contributed by atoms with E-state index in [1.54, 1.807) is 34.6 Å². The van der Waals surface area contributed by atoms with Crippen LogP contribution in [0.4, 0.5) is 10.2 Å². The Bertz CT molecular complexity index is 1300. The first-order valence-corrected chi connectivity index (χ1v) is 16.7. The maximum Gasteiger partial charge on any atom is 0.323 e. The number of nitrogens with two attached hydrogens (primary N) is 1. The minimum Gasteiger partial charge on any atom is -0.462 e. The molecular formula is C23H35ClFN6O7PS2. The van der Waals surface area contributed by atoms with Crippen LogP contribution < -0.4 is 10.8 Å². The van der Waals surface area contributed by atoms with Gasteiger partial charge in [-0.25, -0.2) is 24.4 Å². The van der Waals surface area contributed by atoms with E-state index in [2.05, 4.69) is 20.0 Å². The highest BCUT2D eigenvalue weighted by atomic mass is 35.5. The molecule has 0 unspecified atom stereocenters. The molecule has 18 heteroatoms. The number of esters is 1. The van der Waals surface area contributed by atoms with Gasteiger partial charge in [-0.3, -0.25) is 14.2 Å². The number of aliphatic hydroxyl groups is 1. The largest absolute Gasteiger partial charge is 0.462 e. The third-order valence-electron chi connectivity index (χ3n) is 5.68. The van der Waals surface area contributed by atoms with Crippen molar-refractivity contribution in [2.75, 3.05) is 24.7 Å². The highest BCUT2D eigenvalue weighted by Crippen LogP contribution is 2.49. The monoisotopic (exact) mass is 656 g/mol. The van der Waals surface area contributed by atoms with E-state index in [9.17, 15) is 14.7 Å². The fourth-order valence-corrected chi connectivity index (χ4v) is 7.13. The predicted octanol–water partition coefficient (Wildman–Crippen LogP) is 3.06. The smallest absolute Gasteiger partial charge is 0.323 e. The topological polar surface area (TPSA) is 173 Å². The lowest BCUT2D eigenvalue weighted by Gasteiger charge is -2.28. The van der Waals surface area contributed by atoms with Crippen molar-refractivity contribution >= 4 is 69.9 Å². The summed E-state index contributed by atoms with van der Waals surface area (Å²) in [5.74, 6) is -0.251. The van der Waals surface area contributed by atoms with Crippen LogP contribution in [0.15, 0.2) is 12.7 Å². The molecule has 13 nitrogen and oxygen atoms in total. The average molecular weight is 657 g/mol. The Kier molecular flexibility index (Phi) is 11.1. The maximum atomic E-state index is 15.6. The first-order valence-electron chi connectivity index (χ1n) is 12.6. The summed E-state index contributed by atoms with van der Waals surface area (Å²) in [6.45, 7) is 6.41. The maximum absolute atomic E-state index is 15.6.